The van der Waals surface area contributed by atoms with Crippen LogP contribution >= 0.6 is 0 Å². The molecule has 2 aromatic carbocycles. The van der Waals surface area contributed by atoms with Crippen LogP contribution in [0.25, 0.3) is 10.8 Å². The number of likely N-dealkylation sites (tertiary alicyclic amines) is 1. The maximum atomic E-state index is 13.4. The molecule has 0 spiro atoms. The summed E-state index contributed by atoms with van der Waals surface area (Å²) in [6.07, 6.45) is 4.56. The molecular formula is C26H35N3O5S. The second-order valence-corrected chi connectivity index (χ2v) is 12.2. The third-order valence-electron chi connectivity index (χ3n) is 6.63. The molecule has 2 amide bonds. The molecule has 1 saturated heterocycles. The van der Waals surface area contributed by atoms with Crippen LogP contribution in [-0.2, 0) is 19.6 Å². The molecule has 0 aromatic heterocycles. The van der Waals surface area contributed by atoms with Gasteiger partial charge in [0, 0.05) is 41.5 Å². The zero-order valence-electron chi connectivity index (χ0n) is 20.7. The molecule has 190 valence electrons. The average Bonchev–Trinajstić information content (AvgIpc) is 3.33. The van der Waals surface area contributed by atoms with Crippen molar-refractivity contribution in [2.45, 2.75) is 75.8 Å². The number of nitrogens with one attached hydrogen (secondary N) is 2. The summed E-state index contributed by atoms with van der Waals surface area (Å²) in [5.41, 5.74) is 0.0568. The van der Waals surface area contributed by atoms with Crippen molar-refractivity contribution in [2.24, 2.45) is 5.92 Å². The topological polar surface area (TPSA) is 105 Å². The van der Waals surface area contributed by atoms with E-state index in [1.54, 1.807) is 29.2 Å². The second kappa shape index (κ2) is 10.1. The van der Waals surface area contributed by atoms with Crippen LogP contribution in [0.3, 0.4) is 0 Å². The zero-order valence-corrected chi connectivity index (χ0v) is 21.5. The van der Waals surface area contributed by atoms with Gasteiger partial charge in [-0.3, -0.25) is 4.79 Å². The first-order valence-electron chi connectivity index (χ1n) is 12.4. The predicted octanol–water partition coefficient (Wildman–Crippen LogP) is 4.65. The molecule has 0 unspecified atom stereocenters. The molecule has 0 radical (unpaired) electrons. The number of amides is 2. The summed E-state index contributed by atoms with van der Waals surface area (Å²) >= 11 is 0. The van der Waals surface area contributed by atoms with E-state index in [0.717, 1.165) is 25.7 Å². The quantitative estimate of drug-likeness (QED) is 0.621. The van der Waals surface area contributed by atoms with Crippen LogP contribution < -0.4 is 10.0 Å². The number of hydrogen-bond acceptors (Lipinski definition) is 5. The normalized spacial score (nSPS) is 18.1. The van der Waals surface area contributed by atoms with E-state index in [2.05, 4.69) is 10.0 Å². The lowest BCUT2D eigenvalue weighted by atomic mass is 10.1. The van der Waals surface area contributed by atoms with Gasteiger partial charge < -0.3 is 15.0 Å². The summed E-state index contributed by atoms with van der Waals surface area (Å²) in [7, 11) is -3.81. The molecule has 1 saturated carbocycles. The van der Waals surface area contributed by atoms with Gasteiger partial charge in [0.1, 0.15) is 5.60 Å². The smallest absolute Gasteiger partial charge is 0.410 e. The molecular weight excluding hydrogens is 466 g/mol. The van der Waals surface area contributed by atoms with Crippen LogP contribution in [-0.4, -0.2) is 50.1 Å². The maximum absolute atomic E-state index is 13.4. The summed E-state index contributed by atoms with van der Waals surface area (Å²) in [5.74, 6) is 0.0171. The van der Waals surface area contributed by atoms with E-state index in [9.17, 15) is 18.0 Å². The SMILES string of the molecule is CC(C)(C)OC(=O)N1CCC(NS(=O)(=O)c2ccc(NC(=O)C3CCCC3)c3ccccc23)CC1. The highest BCUT2D eigenvalue weighted by Crippen LogP contribution is 2.32. The Morgan fingerprint density at radius 3 is 2.20 bits per heavy atom. The Labute approximate surface area is 207 Å². The van der Waals surface area contributed by atoms with Crippen LogP contribution in [0.1, 0.15) is 59.3 Å². The van der Waals surface area contributed by atoms with E-state index in [1.165, 1.54) is 0 Å². The average molecular weight is 502 g/mol. The van der Waals surface area contributed by atoms with E-state index in [1.807, 2.05) is 32.9 Å². The van der Waals surface area contributed by atoms with Gasteiger partial charge >= 0.3 is 6.09 Å². The number of piperidine rings is 1. The molecule has 0 atom stereocenters. The van der Waals surface area contributed by atoms with Gasteiger partial charge in [-0.15, -0.1) is 0 Å². The minimum Gasteiger partial charge on any atom is -0.444 e. The minimum absolute atomic E-state index is 0.00173. The number of rotatable bonds is 5. The Bertz CT molecular complexity index is 1190. The van der Waals surface area contributed by atoms with E-state index in [-0.39, 0.29) is 28.9 Å². The Balaban J connectivity index is 1.47. The summed E-state index contributed by atoms with van der Waals surface area (Å²) in [6, 6.07) is 10.2. The van der Waals surface area contributed by atoms with Crippen LogP contribution in [0.15, 0.2) is 41.3 Å². The molecule has 2 N–H and O–H groups in total. The van der Waals surface area contributed by atoms with Crippen molar-refractivity contribution >= 4 is 38.5 Å². The third-order valence-corrected chi connectivity index (χ3v) is 8.20. The van der Waals surface area contributed by atoms with Crippen molar-refractivity contribution in [3.63, 3.8) is 0 Å². The number of carbonyl (C=O) groups excluding carboxylic acids is 2. The number of nitrogens with zero attached hydrogens (tertiary/aromatic N) is 1. The highest BCUT2D eigenvalue weighted by Gasteiger charge is 2.30. The summed E-state index contributed by atoms with van der Waals surface area (Å²) in [5, 5.41) is 4.28. The maximum Gasteiger partial charge on any atom is 0.410 e. The summed E-state index contributed by atoms with van der Waals surface area (Å²) in [4.78, 5) is 26.8. The number of anilines is 1. The molecule has 4 rings (SSSR count). The number of hydrogen-bond donors (Lipinski definition) is 2. The van der Waals surface area contributed by atoms with Crippen LogP contribution in [0, 0.1) is 5.92 Å². The molecule has 2 fully saturated rings. The van der Waals surface area contributed by atoms with Gasteiger partial charge in [0.05, 0.1) is 4.90 Å². The number of carbonyl (C=O) groups is 2. The molecule has 9 heteroatoms. The lowest BCUT2D eigenvalue weighted by molar-refractivity contribution is -0.119. The standard InChI is InChI=1S/C26H35N3O5S/c1-26(2,3)34-25(31)29-16-14-19(15-17-29)28-35(32,33)23-13-12-22(20-10-6-7-11-21(20)23)27-24(30)18-8-4-5-9-18/h6-7,10-13,18-19,28H,4-5,8-9,14-17H2,1-3H3,(H,27,30). The van der Waals surface area contributed by atoms with Gasteiger partial charge in [0.2, 0.25) is 15.9 Å². The first-order valence-corrected chi connectivity index (χ1v) is 13.8. The van der Waals surface area contributed by atoms with Crippen molar-refractivity contribution in [1.82, 2.24) is 9.62 Å². The Hall–Kier alpha value is -2.65. The van der Waals surface area contributed by atoms with Crippen molar-refractivity contribution in [1.29, 1.82) is 0 Å². The van der Waals surface area contributed by atoms with Crippen molar-refractivity contribution in [3.8, 4) is 0 Å². The van der Waals surface area contributed by atoms with Gasteiger partial charge in [-0.1, -0.05) is 37.1 Å². The van der Waals surface area contributed by atoms with Gasteiger partial charge in [-0.05, 0) is 58.6 Å². The summed E-state index contributed by atoms with van der Waals surface area (Å²) < 4.78 is 35.0. The number of fused-ring (bicyclic) bond motifs is 1. The first kappa shape index (κ1) is 25.4. The van der Waals surface area contributed by atoms with Crippen molar-refractivity contribution in [2.75, 3.05) is 18.4 Å². The van der Waals surface area contributed by atoms with E-state index >= 15 is 0 Å². The van der Waals surface area contributed by atoms with E-state index in [0.29, 0.717) is 42.4 Å². The van der Waals surface area contributed by atoms with Gasteiger partial charge in [-0.2, -0.15) is 0 Å². The van der Waals surface area contributed by atoms with Crippen LogP contribution in [0.2, 0.25) is 0 Å². The fourth-order valence-corrected chi connectivity index (χ4v) is 6.34. The number of sulfonamides is 1. The van der Waals surface area contributed by atoms with Crippen molar-refractivity contribution < 1.29 is 22.7 Å². The van der Waals surface area contributed by atoms with Gasteiger partial charge in [0.25, 0.3) is 0 Å². The summed E-state index contributed by atoms with van der Waals surface area (Å²) in [6.45, 7) is 6.31. The number of ether oxygens (including phenoxy) is 1. The largest absolute Gasteiger partial charge is 0.444 e. The molecule has 8 nitrogen and oxygen atoms in total. The monoisotopic (exact) mass is 501 g/mol. The van der Waals surface area contributed by atoms with Crippen molar-refractivity contribution in [3.05, 3.63) is 36.4 Å². The van der Waals surface area contributed by atoms with Gasteiger partial charge in [-0.25, -0.2) is 17.9 Å². The van der Waals surface area contributed by atoms with Gasteiger partial charge in [0.15, 0.2) is 0 Å². The van der Waals surface area contributed by atoms with Crippen LogP contribution in [0.4, 0.5) is 10.5 Å². The lowest BCUT2D eigenvalue weighted by Gasteiger charge is -2.33. The molecule has 1 aliphatic heterocycles. The Morgan fingerprint density at radius 2 is 1.57 bits per heavy atom. The fourth-order valence-electron chi connectivity index (χ4n) is 4.83. The number of benzene rings is 2. The highest BCUT2D eigenvalue weighted by atomic mass is 32.2. The second-order valence-electron chi connectivity index (χ2n) is 10.5. The molecule has 0 bridgehead atoms. The molecule has 1 aliphatic carbocycles. The highest BCUT2D eigenvalue weighted by molar-refractivity contribution is 7.89. The lowest BCUT2D eigenvalue weighted by Crippen LogP contribution is -2.47. The first-order chi connectivity index (χ1) is 16.5. The molecule has 35 heavy (non-hydrogen) atoms. The van der Waals surface area contributed by atoms with E-state index in [4.69, 9.17) is 4.74 Å². The zero-order chi connectivity index (χ0) is 25.2. The predicted molar refractivity (Wildman–Crippen MR) is 136 cm³/mol. The van der Waals surface area contributed by atoms with Crippen LogP contribution in [0.5, 0.6) is 0 Å². The fraction of sp³-hybridized carbons (Fsp3) is 0.538. The third kappa shape index (κ3) is 6.13. The Kier molecular flexibility index (Phi) is 7.38. The van der Waals surface area contributed by atoms with E-state index < -0.39 is 15.6 Å². The molecule has 2 aromatic rings. The molecule has 2 aliphatic rings. The Morgan fingerprint density at radius 1 is 0.943 bits per heavy atom. The minimum atomic E-state index is -3.81. The molecule has 1 heterocycles.